The molecule has 2 amide bonds. The third-order valence-electron chi connectivity index (χ3n) is 3.79. The van der Waals surface area contributed by atoms with Crippen molar-refractivity contribution in [1.82, 2.24) is 5.32 Å². The number of carbonyl (C=O) groups is 2. The van der Waals surface area contributed by atoms with Gasteiger partial charge >= 0.3 is 0 Å². The zero-order valence-corrected chi connectivity index (χ0v) is 11.0. The fraction of sp³-hybridized carbons (Fsp3) is 0.467. The standard InChI is InChI=1S/C15H18N2O2/c1-9-8-12(9)15(19)17-13-5-3-2-4-11(13)14(18)16-10-6-7-10/h2-5,9-10,12H,6-8H2,1H3,(H,16,18)(H,17,19). The Hall–Kier alpha value is -1.84. The minimum atomic E-state index is -0.0951. The van der Waals surface area contributed by atoms with Gasteiger partial charge in [0.25, 0.3) is 5.91 Å². The third kappa shape index (κ3) is 2.78. The van der Waals surface area contributed by atoms with Gasteiger partial charge in [-0.3, -0.25) is 9.59 Å². The molecule has 2 aliphatic rings. The van der Waals surface area contributed by atoms with E-state index in [9.17, 15) is 9.59 Å². The van der Waals surface area contributed by atoms with Crippen molar-refractivity contribution in [2.24, 2.45) is 11.8 Å². The van der Waals surface area contributed by atoms with Crippen molar-refractivity contribution in [3.05, 3.63) is 29.8 Å². The number of carbonyl (C=O) groups excluding carboxylic acids is 2. The Morgan fingerprint density at radius 1 is 1.21 bits per heavy atom. The zero-order chi connectivity index (χ0) is 13.4. The van der Waals surface area contributed by atoms with E-state index in [4.69, 9.17) is 0 Å². The summed E-state index contributed by atoms with van der Waals surface area (Å²) in [7, 11) is 0. The van der Waals surface area contributed by atoms with Crippen LogP contribution in [0.4, 0.5) is 5.69 Å². The average Bonchev–Trinajstić information content (AvgIpc) is 3.28. The van der Waals surface area contributed by atoms with Gasteiger partial charge in [-0.05, 0) is 37.3 Å². The molecule has 0 bridgehead atoms. The number of benzene rings is 1. The van der Waals surface area contributed by atoms with Crippen molar-refractivity contribution < 1.29 is 9.59 Å². The molecule has 0 radical (unpaired) electrons. The van der Waals surface area contributed by atoms with Crippen molar-refractivity contribution in [1.29, 1.82) is 0 Å². The predicted molar refractivity (Wildman–Crippen MR) is 72.8 cm³/mol. The zero-order valence-electron chi connectivity index (χ0n) is 11.0. The van der Waals surface area contributed by atoms with Crippen LogP contribution in [0.15, 0.2) is 24.3 Å². The van der Waals surface area contributed by atoms with Gasteiger partial charge in [-0.25, -0.2) is 0 Å². The molecule has 19 heavy (non-hydrogen) atoms. The third-order valence-corrected chi connectivity index (χ3v) is 3.79. The number of para-hydroxylation sites is 1. The van der Waals surface area contributed by atoms with Crippen LogP contribution in [0, 0.1) is 11.8 Å². The first-order chi connectivity index (χ1) is 9.15. The molecule has 1 aromatic carbocycles. The molecule has 0 spiro atoms. The van der Waals surface area contributed by atoms with Crippen LogP contribution < -0.4 is 10.6 Å². The van der Waals surface area contributed by atoms with Gasteiger partial charge in [0.05, 0.1) is 11.3 Å². The molecular formula is C15H18N2O2. The van der Waals surface area contributed by atoms with Crippen molar-refractivity contribution in [2.45, 2.75) is 32.2 Å². The van der Waals surface area contributed by atoms with Crippen molar-refractivity contribution in [2.75, 3.05) is 5.32 Å². The quantitative estimate of drug-likeness (QED) is 0.869. The molecule has 1 aromatic rings. The summed E-state index contributed by atoms with van der Waals surface area (Å²) in [5, 5.41) is 5.82. The number of hydrogen-bond acceptors (Lipinski definition) is 2. The van der Waals surface area contributed by atoms with E-state index in [2.05, 4.69) is 17.6 Å². The van der Waals surface area contributed by atoms with E-state index in [1.54, 1.807) is 12.1 Å². The molecule has 4 heteroatoms. The highest BCUT2D eigenvalue weighted by molar-refractivity contribution is 6.04. The van der Waals surface area contributed by atoms with Gasteiger partial charge in [0.2, 0.25) is 5.91 Å². The largest absolute Gasteiger partial charge is 0.349 e. The van der Waals surface area contributed by atoms with Gasteiger partial charge in [-0.15, -0.1) is 0 Å². The Morgan fingerprint density at radius 3 is 2.53 bits per heavy atom. The number of nitrogens with one attached hydrogen (secondary N) is 2. The van der Waals surface area contributed by atoms with E-state index < -0.39 is 0 Å². The molecule has 0 aromatic heterocycles. The lowest BCUT2D eigenvalue weighted by atomic mass is 10.1. The van der Waals surface area contributed by atoms with E-state index >= 15 is 0 Å². The maximum absolute atomic E-state index is 12.1. The second-order valence-electron chi connectivity index (χ2n) is 5.60. The second-order valence-corrected chi connectivity index (χ2v) is 5.60. The van der Waals surface area contributed by atoms with Gasteiger partial charge in [0.15, 0.2) is 0 Å². The molecule has 2 atom stereocenters. The fourth-order valence-electron chi connectivity index (χ4n) is 2.19. The van der Waals surface area contributed by atoms with Crippen LogP contribution in [0.5, 0.6) is 0 Å². The van der Waals surface area contributed by atoms with Crippen LogP contribution in [0.2, 0.25) is 0 Å². The summed E-state index contributed by atoms with van der Waals surface area (Å²) in [5.74, 6) is 0.508. The Balaban J connectivity index is 1.72. The Labute approximate surface area is 112 Å². The van der Waals surface area contributed by atoms with E-state index in [0.717, 1.165) is 19.3 Å². The summed E-state index contributed by atoms with van der Waals surface area (Å²) in [5.41, 5.74) is 1.17. The first-order valence-electron chi connectivity index (χ1n) is 6.86. The van der Waals surface area contributed by atoms with Crippen LogP contribution in [-0.2, 0) is 4.79 Å². The van der Waals surface area contributed by atoms with Crippen molar-refractivity contribution in [3.63, 3.8) is 0 Å². The summed E-state index contributed by atoms with van der Waals surface area (Å²) in [6.45, 7) is 2.07. The normalized spacial score (nSPS) is 24.7. The van der Waals surface area contributed by atoms with Gasteiger partial charge in [-0.2, -0.15) is 0 Å². The minimum Gasteiger partial charge on any atom is -0.349 e. The second kappa shape index (κ2) is 4.68. The van der Waals surface area contributed by atoms with E-state index in [-0.39, 0.29) is 17.7 Å². The number of rotatable bonds is 4. The SMILES string of the molecule is CC1CC1C(=O)Nc1ccccc1C(=O)NC1CC1. The molecule has 3 rings (SSSR count). The highest BCUT2D eigenvalue weighted by atomic mass is 16.2. The highest BCUT2D eigenvalue weighted by Crippen LogP contribution is 2.38. The molecule has 100 valence electrons. The van der Waals surface area contributed by atoms with Gasteiger partial charge in [-0.1, -0.05) is 19.1 Å². The van der Waals surface area contributed by atoms with Gasteiger partial charge < -0.3 is 10.6 Å². The summed E-state index contributed by atoms with van der Waals surface area (Å²) in [6.07, 6.45) is 3.06. The van der Waals surface area contributed by atoms with Crippen molar-refractivity contribution >= 4 is 17.5 Å². The molecule has 4 nitrogen and oxygen atoms in total. The lowest BCUT2D eigenvalue weighted by molar-refractivity contribution is -0.117. The molecule has 2 N–H and O–H groups in total. The number of amides is 2. The van der Waals surface area contributed by atoms with Crippen LogP contribution in [0.1, 0.15) is 36.5 Å². The molecule has 2 aliphatic carbocycles. The number of hydrogen-bond donors (Lipinski definition) is 2. The molecule has 0 aliphatic heterocycles. The average molecular weight is 258 g/mol. The van der Waals surface area contributed by atoms with Crippen LogP contribution in [0.3, 0.4) is 0 Å². The lowest BCUT2D eigenvalue weighted by Gasteiger charge is -2.10. The molecular weight excluding hydrogens is 240 g/mol. The van der Waals surface area contributed by atoms with Crippen molar-refractivity contribution in [3.8, 4) is 0 Å². The van der Waals surface area contributed by atoms with Gasteiger partial charge in [0.1, 0.15) is 0 Å². The minimum absolute atomic E-state index is 0.0270. The Kier molecular flexibility index (Phi) is 3.01. The Bertz CT molecular complexity index is 523. The maximum atomic E-state index is 12.1. The Morgan fingerprint density at radius 2 is 1.89 bits per heavy atom. The molecule has 2 saturated carbocycles. The van der Waals surface area contributed by atoms with E-state index in [1.807, 2.05) is 12.1 Å². The predicted octanol–water partition coefficient (Wildman–Crippen LogP) is 2.17. The highest BCUT2D eigenvalue weighted by Gasteiger charge is 2.39. The monoisotopic (exact) mass is 258 g/mol. The molecule has 2 fully saturated rings. The summed E-state index contributed by atoms with van der Waals surface area (Å²) < 4.78 is 0. The summed E-state index contributed by atoms with van der Waals surface area (Å²) in [6, 6.07) is 7.51. The first-order valence-corrected chi connectivity index (χ1v) is 6.86. The topological polar surface area (TPSA) is 58.2 Å². The lowest BCUT2D eigenvalue weighted by Crippen LogP contribution is -2.27. The number of anilines is 1. The molecule has 0 saturated heterocycles. The first kappa shape index (κ1) is 12.2. The molecule has 0 heterocycles. The summed E-state index contributed by atoms with van der Waals surface area (Å²) >= 11 is 0. The van der Waals surface area contributed by atoms with Gasteiger partial charge in [0, 0.05) is 12.0 Å². The fourth-order valence-corrected chi connectivity index (χ4v) is 2.19. The van der Waals surface area contributed by atoms with E-state index in [1.165, 1.54) is 0 Å². The van der Waals surface area contributed by atoms with Crippen LogP contribution in [0.25, 0.3) is 0 Å². The maximum Gasteiger partial charge on any atom is 0.253 e. The molecule has 2 unspecified atom stereocenters. The van der Waals surface area contributed by atoms with E-state index in [0.29, 0.717) is 23.2 Å². The van der Waals surface area contributed by atoms with Crippen LogP contribution in [-0.4, -0.2) is 17.9 Å². The van der Waals surface area contributed by atoms with Crippen LogP contribution >= 0.6 is 0 Å². The summed E-state index contributed by atoms with van der Waals surface area (Å²) in [4.78, 5) is 24.0. The smallest absolute Gasteiger partial charge is 0.253 e.